The van der Waals surface area contributed by atoms with E-state index < -0.39 is 21.1 Å². The Morgan fingerprint density at radius 3 is 2.33 bits per heavy atom. The first-order valence-electron chi connectivity index (χ1n) is 3.29. The van der Waals surface area contributed by atoms with E-state index in [4.69, 9.17) is 51.1 Å². The SMILES string of the molecule is O=C(C1CCOC1Cl)C(Cl)(Cl)Cl. The number of hydrogen-bond acceptors (Lipinski definition) is 2. The largest absolute Gasteiger partial charge is 0.362 e. The monoisotopic (exact) mass is 250 g/mol. The molecule has 2 nitrogen and oxygen atoms in total. The van der Waals surface area contributed by atoms with E-state index in [0.717, 1.165) is 0 Å². The van der Waals surface area contributed by atoms with Crippen molar-refractivity contribution in [2.75, 3.05) is 6.61 Å². The van der Waals surface area contributed by atoms with Crippen LogP contribution in [0.4, 0.5) is 0 Å². The highest BCUT2D eigenvalue weighted by atomic mass is 35.6. The number of hydrogen-bond donors (Lipinski definition) is 0. The number of carbonyl (C=O) groups is 1. The molecular weight excluding hydrogens is 246 g/mol. The minimum absolute atomic E-state index is 0.436. The van der Waals surface area contributed by atoms with E-state index in [9.17, 15) is 4.79 Å². The third kappa shape index (κ3) is 2.39. The van der Waals surface area contributed by atoms with Crippen LogP contribution in [0, 0.1) is 5.92 Å². The molecular formula is C6H6Cl4O2. The quantitative estimate of drug-likeness (QED) is 0.670. The van der Waals surface area contributed by atoms with Gasteiger partial charge in [0.2, 0.25) is 3.79 Å². The third-order valence-electron chi connectivity index (χ3n) is 1.64. The second-order valence-electron chi connectivity index (χ2n) is 2.48. The Hall–Kier alpha value is 0.790. The molecule has 1 aliphatic heterocycles. The van der Waals surface area contributed by atoms with Gasteiger partial charge in [0.05, 0.1) is 5.92 Å². The van der Waals surface area contributed by atoms with Crippen molar-refractivity contribution in [1.29, 1.82) is 0 Å². The lowest BCUT2D eigenvalue weighted by Crippen LogP contribution is -2.30. The lowest BCUT2D eigenvalue weighted by molar-refractivity contribution is -0.122. The number of alkyl halides is 4. The molecule has 12 heavy (non-hydrogen) atoms. The average molecular weight is 252 g/mol. The maximum Gasteiger partial charge on any atom is 0.249 e. The summed E-state index contributed by atoms with van der Waals surface area (Å²) >= 11 is 21.8. The van der Waals surface area contributed by atoms with Crippen molar-refractivity contribution in [2.24, 2.45) is 5.92 Å². The minimum Gasteiger partial charge on any atom is -0.362 e. The van der Waals surface area contributed by atoms with Gasteiger partial charge in [0.1, 0.15) is 5.56 Å². The first-order chi connectivity index (χ1) is 5.43. The van der Waals surface area contributed by atoms with E-state index in [1.165, 1.54) is 0 Å². The van der Waals surface area contributed by atoms with Crippen LogP contribution in [0.15, 0.2) is 0 Å². The Balaban J connectivity index is 2.64. The number of halogens is 4. The molecule has 0 N–H and O–H groups in total. The minimum atomic E-state index is -1.88. The van der Waals surface area contributed by atoms with Gasteiger partial charge in [0, 0.05) is 6.61 Å². The highest BCUT2D eigenvalue weighted by Gasteiger charge is 2.42. The summed E-state index contributed by atoms with van der Waals surface area (Å²) in [7, 11) is 0. The van der Waals surface area contributed by atoms with Gasteiger partial charge in [-0.1, -0.05) is 46.4 Å². The van der Waals surface area contributed by atoms with Crippen LogP contribution in [0.5, 0.6) is 0 Å². The van der Waals surface area contributed by atoms with E-state index in [1.54, 1.807) is 0 Å². The second kappa shape index (κ2) is 3.89. The van der Waals surface area contributed by atoms with Gasteiger partial charge in [0.15, 0.2) is 5.78 Å². The molecule has 0 aromatic heterocycles. The van der Waals surface area contributed by atoms with Gasteiger partial charge < -0.3 is 4.74 Å². The predicted octanol–water partition coefficient (Wildman–Crippen LogP) is 2.53. The second-order valence-corrected chi connectivity index (χ2v) is 5.19. The molecule has 1 fully saturated rings. The lowest BCUT2D eigenvalue weighted by atomic mass is 10.0. The maximum atomic E-state index is 11.3. The van der Waals surface area contributed by atoms with Crippen LogP contribution >= 0.6 is 46.4 Å². The van der Waals surface area contributed by atoms with E-state index in [1.807, 2.05) is 0 Å². The van der Waals surface area contributed by atoms with Gasteiger partial charge in [-0.2, -0.15) is 0 Å². The molecule has 0 aliphatic carbocycles. The van der Waals surface area contributed by atoms with Crippen molar-refractivity contribution in [3.63, 3.8) is 0 Å². The van der Waals surface area contributed by atoms with Gasteiger partial charge in [0.25, 0.3) is 0 Å². The molecule has 0 aromatic rings. The zero-order valence-electron chi connectivity index (χ0n) is 5.90. The highest BCUT2D eigenvalue weighted by Crippen LogP contribution is 2.36. The first kappa shape index (κ1) is 10.9. The summed E-state index contributed by atoms with van der Waals surface area (Å²) in [5, 5.41) is 0. The van der Waals surface area contributed by atoms with E-state index >= 15 is 0 Å². The van der Waals surface area contributed by atoms with Crippen molar-refractivity contribution in [2.45, 2.75) is 15.8 Å². The van der Waals surface area contributed by atoms with E-state index in [2.05, 4.69) is 0 Å². The van der Waals surface area contributed by atoms with Gasteiger partial charge in [-0.05, 0) is 6.42 Å². The Labute approximate surface area is 90.0 Å². The number of carbonyl (C=O) groups excluding carboxylic acids is 1. The molecule has 1 heterocycles. The van der Waals surface area contributed by atoms with Crippen LogP contribution in [-0.4, -0.2) is 21.7 Å². The standard InChI is InChI=1S/C6H6Cl4O2/c7-5-3(1-2-12-5)4(11)6(8,9)10/h3,5H,1-2H2. The fraction of sp³-hybridized carbons (Fsp3) is 0.833. The summed E-state index contributed by atoms with van der Waals surface area (Å²) in [5.74, 6) is -0.996. The van der Waals surface area contributed by atoms with Crippen molar-refractivity contribution in [3.8, 4) is 0 Å². The maximum absolute atomic E-state index is 11.3. The topological polar surface area (TPSA) is 26.3 Å². The molecule has 1 rings (SSSR count). The van der Waals surface area contributed by atoms with Crippen LogP contribution < -0.4 is 0 Å². The summed E-state index contributed by atoms with van der Waals surface area (Å²) in [6, 6.07) is 0. The molecule has 1 saturated heterocycles. The third-order valence-corrected chi connectivity index (χ3v) is 2.63. The van der Waals surface area contributed by atoms with Gasteiger partial charge in [-0.3, -0.25) is 4.79 Å². The number of ether oxygens (including phenoxy) is 1. The average Bonchev–Trinajstić information content (AvgIpc) is 2.31. The van der Waals surface area contributed by atoms with Gasteiger partial charge in [-0.15, -0.1) is 0 Å². The normalized spacial score (nSPS) is 30.7. The molecule has 0 spiro atoms. The molecule has 0 saturated carbocycles. The Morgan fingerprint density at radius 1 is 1.42 bits per heavy atom. The molecule has 1 aliphatic rings. The summed E-state index contributed by atoms with van der Waals surface area (Å²) in [6.07, 6.45) is 0.515. The molecule has 0 amide bonds. The Bertz CT molecular complexity index is 188. The predicted molar refractivity (Wildman–Crippen MR) is 49.0 cm³/mol. The number of rotatable bonds is 1. The molecule has 2 unspecified atom stereocenters. The Kier molecular flexibility index (Phi) is 3.52. The van der Waals surface area contributed by atoms with Gasteiger partial charge in [-0.25, -0.2) is 0 Å². The molecule has 0 bridgehead atoms. The van der Waals surface area contributed by atoms with E-state index in [0.29, 0.717) is 13.0 Å². The fourth-order valence-corrected chi connectivity index (χ4v) is 1.77. The number of Topliss-reactive ketones (excluding diaryl/α,β-unsaturated/α-hetero) is 1. The zero-order chi connectivity index (χ0) is 9.35. The summed E-state index contributed by atoms with van der Waals surface area (Å²) in [6.45, 7) is 0.436. The summed E-state index contributed by atoms with van der Waals surface area (Å²) in [4.78, 5) is 11.3. The fourth-order valence-electron chi connectivity index (χ4n) is 1.02. The van der Waals surface area contributed by atoms with Crippen molar-refractivity contribution < 1.29 is 9.53 Å². The molecule has 6 heteroatoms. The van der Waals surface area contributed by atoms with Crippen LogP contribution in [0.25, 0.3) is 0 Å². The Morgan fingerprint density at radius 2 is 2.00 bits per heavy atom. The highest BCUT2D eigenvalue weighted by molar-refractivity contribution is 6.76. The molecule has 70 valence electrons. The first-order valence-corrected chi connectivity index (χ1v) is 4.86. The van der Waals surface area contributed by atoms with E-state index in [-0.39, 0.29) is 0 Å². The number of ketones is 1. The van der Waals surface area contributed by atoms with Crippen LogP contribution in [0.2, 0.25) is 0 Å². The molecule has 0 radical (unpaired) electrons. The van der Waals surface area contributed by atoms with Crippen LogP contribution in [0.1, 0.15) is 6.42 Å². The summed E-state index contributed by atoms with van der Waals surface area (Å²) < 4.78 is 3.07. The van der Waals surface area contributed by atoms with Crippen molar-refractivity contribution >= 4 is 52.2 Å². The lowest BCUT2D eigenvalue weighted by Gasteiger charge is -2.16. The molecule has 0 aromatic carbocycles. The van der Waals surface area contributed by atoms with Gasteiger partial charge >= 0.3 is 0 Å². The van der Waals surface area contributed by atoms with Crippen LogP contribution in [0.3, 0.4) is 0 Å². The molecule has 2 atom stereocenters. The smallest absolute Gasteiger partial charge is 0.249 e. The van der Waals surface area contributed by atoms with Crippen molar-refractivity contribution in [1.82, 2.24) is 0 Å². The summed E-state index contributed by atoms with van der Waals surface area (Å²) in [5.41, 5.74) is -0.659. The van der Waals surface area contributed by atoms with Crippen molar-refractivity contribution in [3.05, 3.63) is 0 Å². The zero-order valence-corrected chi connectivity index (χ0v) is 8.92. The van der Waals surface area contributed by atoms with Crippen LogP contribution in [-0.2, 0) is 9.53 Å².